The predicted octanol–water partition coefficient (Wildman–Crippen LogP) is 3.81. The molecule has 0 aliphatic carbocycles. The number of hydrogen-bond donors (Lipinski definition) is 0. The van der Waals surface area contributed by atoms with Crippen LogP contribution in [0, 0.1) is 0 Å². The summed E-state index contributed by atoms with van der Waals surface area (Å²) in [7, 11) is 0. The van der Waals surface area contributed by atoms with Gasteiger partial charge in [0.05, 0.1) is 26.4 Å². The highest BCUT2D eigenvalue weighted by atomic mass is 16.5. The van der Waals surface area contributed by atoms with Gasteiger partial charge in [0.1, 0.15) is 36.7 Å². The summed E-state index contributed by atoms with van der Waals surface area (Å²) in [5.74, 6) is 1.05. The van der Waals surface area contributed by atoms with Gasteiger partial charge in [-0.05, 0) is 23.3 Å². The van der Waals surface area contributed by atoms with E-state index in [2.05, 4.69) is 15.0 Å². The summed E-state index contributed by atoms with van der Waals surface area (Å²) in [6.45, 7) is 3.08. The highest BCUT2D eigenvalue weighted by molar-refractivity contribution is 5.97. The van der Waals surface area contributed by atoms with Gasteiger partial charge < -0.3 is 18.9 Å². The zero-order chi connectivity index (χ0) is 23.0. The number of nitrogens with zero attached hydrogens (tertiary/aromatic N) is 3. The maximum absolute atomic E-state index is 5.81. The molecule has 0 bridgehead atoms. The molecule has 0 amide bonds. The van der Waals surface area contributed by atoms with Crippen LogP contribution in [-0.2, 0) is 32.2 Å². The number of pyridine rings is 1. The van der Waals surface area contributed by atoms with Gasteiger partial charge in [-0.15, -0.1) is 0 Å². The van der Waals surface area contributed by atoms with E-state index in [-0.39, 0.29) is 12.1 Å². The number of benzene rings is 2. The van der Waals surface area contributed by atoms with E-state index in [4.69, 9.17) is 18.9 Å². The number of ether oxygens (including phenoxy) is 4. The van der Waals surface area contributed by atoms with Crippen LogP contribution < -0.4 is 0 Å². The van der Waals surface area contributed by atoms with Crippen LogP contribution in [0.15, 0.2) is 88.8 Å². The van der Waals surface area contributed by atoms with E-state index >= 15 is 0 Å². The zero-order valence-electron chi connectivity index (χ0n) is 18.9. The van der Waals surface area contributed by atoms with Crippen molar-refractivity contribution in [1.29, 1.82) is 0 Å². The molecule has 3 aromatic rings. The van der Waals surface area contributed by atoms with Gasteiger partial charge in [0.2, 0.25) is 11.8 Å². The van der Waals surface area contributed by atoms with Crippen molar-refractivity contribution >= 4 is 11.8 Å². The van der Waals surface area contributed by atoms with E-state index in [0.717, 1.165) is 11.1 Å². The summed E-state index contributed by atoms with van der Waals surface area (Å²) in [4.78, 5) is 14.0. The third-order valence-corrected chi connectivity index (χ3v) is 5.46. The molecule has 2 aliphatic rings. The van der Waals surface area contributed by atoms with E-state index in [1.807, 2.05) is 78.9 Å². The van der Waals surface area contributed by atoms with Crippen molar-refractivity contribution in [2.45, 2.75) is 25.3 Å². The summed E-state index contributed by atoms with van der Waals surface area (Å²) >= 11 is 0. The van der Waals surface area contributed by atoms with E-state index in [9.17, 15) is 0 Å². The molecule has 0 saturated carbocycles. The highest BCUT2D eigenvalue weighted by Gasteiger charge is 2.24. The SMILES string of the molecule is c1ccc(COC[C@@H]2COC(c3cccc(C4=N[C@H](COCc5ccccc5)CO4)n3)=N2)cc1. The minimum absolute atomic E-state index is 0.0459. The van der Waals surface area contributed by atoms with Gasteiger partial charge >= 0.3 is 0 Å². The maximum Gasteiger partial charge on any atom is 0.235 e. The first kappa shape index (κ1) is 22.3. The molecular weight excluding hydrogens is 430 g/mol. The second kappa shape index (κ2) is 11.0. The van der Waals surface area contributed by atoms with Crippen molar-refractivity contribution in [3.05, 3.63) is 101 Å². The van der Waals surface area contributed by atoms with Crippen LogP contribution >= 0.6 is 0 Å². The first-order valence-corrected chi connectivity index (χ1v) is 11.5. The van der Waals surface area contributed by atoms with Gasteiger partial charge in [-0.3, -0.25) is 0 Å². The van der Waals surface area contributed by atoms with Crippen LogP contribution in [0.4, 0.5) is 0 Å². The molecule has 2 atom stereocenters. The summed E-state index contributed by atoms with van der Waals surface area (Å²) < 4.78 is 23.2. The van der Waals surface area contributed by atoms with Crippen molar-refractivity contribution in [3.8, 4) is 0 Å². The summed E-state index contributed by atoms with van der Waals surface area (Å²) in [5, 5.41) is 0. The average Bonchev–Trinajstić information content (AvgIpc) is 3.56. The summed E-state index contributed by atoms with van der Waals surface area (Å²) in [6, 6.07) is 25.8. The van der Waals surface area contributed by atoms with Crippen LogP contribution in [0.2, 0.25) is 0 Å². The number of rotatable bonds is 10. The monoisotopic (exact) mass is 457 g/mol. The molecule has 5 rings (SSSR count). The Bertz CT molecular complexity index is 1050. The van der Waals surface area contributed by atoms with Crippen molar-refractivity contribution < 1.29 is 18.9 Å². The van der Waals surface area contributed by atoms with Crippen LogP contribution in [0.1, 0.15) is 22.5 Å². The van der Waals surface area contributed by atoms with Gasteiger partial charge in [-0.1, -0.05) is 66.7 Å². The fourth-order valence-corrected chi connectivity index (χ4v) is 3.73. The van der Waals surface area contributed by atoms with Gasteiger partial charge in [0.25, 0.3) is 0 Å². The van der Waals surface area contributed by atoms with Crippen molar-refractivity contribution in [3.63, 3.8) is 0 Å². The zero-order valence-corrected chi connectivity index (χ0v) is 18.9. The standard InChI is InChI=1S/C27H27N3O4/c1-3-8-20(9-4-1)14-31-16-22-18-33-26(28-22)24-12-7-13-25(30-24)27-29-23(19-34-27)17-32-15-21-10-5-2-6-11-21/h1-13,22-23H,14-19H2/t22-,23-/m1/s1. The van der Waals surface area contributed by atoms with Crippen molar-refractivity contribution in [2.24, 2.45) is 9.98 Å². The van der Waals surface area contributed by atoms with Gasteiger partial charge in [0.15, 0.2) is 0 Å². The topological polar surface area (TPSA) is 74.5 Å². The molecular formula is C27H27N3O4. The lowest BCUT2D eigenvalue weighted by atomic mass is 10.2. The van der Waals surface area contributed by atoms with E-state index < -0.39 is 0 Å². The van der Waals surface area contributed by atoms with Crippen LogP contribution in [0.5, 0.6) is 0 Å². The molecule has 2 aliphatic heterocycles. The first-order chi connectivity index (χ1) is 16.8. The molecule has 0 unspecified atom stereocenters. The first-order valence-electron chi connectivity index (χ1n) is 11.5. The highest BCUT2D eigenvalue weighted by Crippen LogP contribution is 2.16. The summed E-state index contributed by atoms with van der Waals surface area (Å²) in [5.41, 5.74) is 3.61. The fourth-order valence-electron chi connectivity index (χ4n) is 3.73. The minimum atomic E-state index is -0.0459. The Hall–Kier alpha value is -3.55. The van der Waals surface area contributed by atoms with Crippen LogP contribution in [-0.4, -0.2) is 55.3 Å². The van der Waals surface area contributed by atoms with E-state index in [1.54, 1.807) is 0 Å². The largest absolute Gasteiger partial charge is 0.474 e. The van der Waals surface area contributed by atoms with Gasteiger partial charge in [-0.2, -0.15) is 0 Å². The molecule has 0 fully saturated rings. The van der Waals surface area contributed by atoms with E-state index in [1.165, 1.54) is 0 Å². The lowest BCUT2D eigenvalue weighted by molar-refractivity contribution is 0.101. The molecule has 34 heavy (non-hydrogen) atoms. The maximum atomic E-state index is 5.81. The molecule has 174 valence electrons. The Morgan fingerprint density at radius 1 is 0.618 bits per heavy atom. The third kappa shape index (κ3) is 5.87. The Labute approximate surface area is 199 Å². The van der Waals surface area contributed by atoms with Gasteiger partial charge in [-0.25, -0.2) is 15.0 Å². The normalized spacial score (nSPS) is 19.3. The van der Waals surface area contributed by atoms with Gasteiger partial charge in [0, 0.05) is 0 Å². The molecule has 1 aromatic heterocycles. The Balaban J connectivity index is 1.14. The lowest BCUT2D eigenvalue weighted by Crippen LogP contribution is -2.14. The lowest BCUT2D eigenvalue weighted by Gasteiger charge is -2.06. The van der Waals surface area contributed by atoms with Crippen LogP contribution in [0.25, 0.3) is 0 Å². The molecule has 7 heteroatoms. The van der Waals surface area contributed by atoms with Crippen LogP contribution in [0.3, 0.4) is 0 Å². The molecule has 0 N–H and O–H groups in total. The fraction of sp³-hybridized carbons (Fsp3) is 0.296. The molecule has 2 aromatic carbocycles. The number of aliphatic imine (C=N–C) groups is 2. The Morgan fingerprint density at radius 3 is 1.56 bits per heavy atom. The number of hydrogen-bond acceptors (Lipinski definition) is 7. The van der Waals surface area contributed by atoms with E-state index in [0.29, 0.717) is 62.8 Å². The molecule has 0 spiro atoms. The Kier molecular flexibility index (Phi) is 7.23. The summed E-state index contributed by atoms with van der Waals surface area (Å²) in [6.07, 6.45) is 0. The molecule has 0 radical (unpaired) electrons. The smallest absolute Gasteiger partial charge is 0.235 e. The quantitative estimate of drug-likeness (QED) is 0.463. The minimum Gasteiger partial charge on any atom is -0.474 e. The average molecular weight is 458 g/mol. The third-order valence-electron chi connectivity index (χ3n) is 5.46. The Morgan fingerprint density at radius 2 is 1.09 bits per heavy atom. The molecule has 0 saturated heterocycles. The predicted molar refractivity (Wildman–Crippen MR) is 129 cm³/mol. The number of aromatic nitrogens is 1. The second-order valence-electron chi connectivity index (χ2n) is 8.21. The molecule has 3 heterocycles. The van der Waals surface area contributed by atoms with Crippen molar-refractivity contribution in [2.75, 3.05) is 26.4 Å². The second-order valence-corrected chi connectivity index (χ2v) is 8.21. The molecule has 7 nitrogen and oxygen atoms in total. The van der Waals surface area contributed by atoms with Crippen molar-refractivity contribution in [1.82, 2.24) is 4.98 Å².